The molecule has 3 aromatic rings. The first kappa shape index (κ1) is 20.1. The highest BCUT2D eigenvalue weighted by Crippen LogP contribution is 2.20. The Morgan fingerprint density at radius 2 is 2.04 bits per heavy atom. The number of hydrogen-bond acceptors (Lipinski definition) is 6. The van der Waals surface area contributed by atoms with Crippen LogP contribution in [0.3, 0.4) is 0 Å². The third-order valence-electron chi connectivity index (χ3n) is 3.72. The number of tetrazole rings is 1. The molecule has 0 aliphatic carbocycles. The van der Waals surface area contributed by atoms with Crippen molar-refractivity contribution in [3.63, 3.8) is 0 Å². The monoisotopic (exact) mass is 467 g/mol. The molecule has 0 bridgehead atoms. The summed E-state index contributed by atoms with van der Waals surface area (Å²) in [5.41, 5.74) is 0.816. The predicted molar refractivity (Wildman–Crippen MR) is 104 cm³/mol. The SMILES string of the molecule is Cc1nnnn1-c1ccc(F)c(NC(=O)CS(=O)(=O)Cc2cccc(Br)c2)c1. The number of sulfone groups is 1. The Bertz CT molecular complexity index is 1130. The molecule has 0 radical (unpaired) electrons. The van der Waals surface area contributed by atoms with E-state index in [1.54, 1.807) is 31.2 Å². The number of carbonyl (C=O) groups excluding carboxylic acids is 1. The normalized spacial score (nSPS) is 11.4. The number of halogens is 2. The van der Waals surface area contributed by atoms with Gasteiger partial charge < -0.3 is 5.32 Å². The minimum Gasteiger partial charge on any atom is -0.323 e. The maximum atomic E-state index is 14.1. The molecule has 0 spiro atoms. The third-order valence-corrected chi connectivity index (χ3v) is 5.69. The fraction of sp³-hybridized carbons (Fsp3) is 0.176. The number of carbonyl (C=O) groups is 1. The molecule has 0 aliphatic rings. The second-order valence-corrected chi connectivity index (χ2v) is 8.99. The van der Waals surface area contributed by atoms with Gasteiger partial charge in [-0.2, -0.15) is 4.68 Å². The van der Waals surface area contributed by atoms with E-state index in [9.17, 15) is 17.6 Å². The number of hydrogen-bond donors (Lipinski definition) is 1. The van der Waals surface area contributed by atoms with E-state index in [-0.39, 0.29) is 11.4 Å². The lowest BCUT2D eigenvalue weighted by atomic mass is 10.2. The highest BCUT2D eigenvalue weighted by molar-refractivity contribution is 9.10. The van der Waals surface area contributed by atoms with Crippen LogP contribution in [0.4, 0.5) is 10.1 Å². The lowest BCUT2D eigenvalue weighted by Gasteiger charge is -2.10. The molecule has 0 fully saturated rings. The number of aryl methyl sites for hydroxylation is 1. The summed E-state index contributed by atoms with van der Waals surface area (Å²) >= 11 is 3.27. The van der Waals surface area contributed by atoms with Crippen molar-refractivity contribution in [2.24, 2.45) is 0 Å². The van der Waals surface area contributed by atoms with Gasteiger partial charge in [0.2, 0.25) is 5.91 Å². The molecule has 11 heteroatoms. The van der Waals surface area contributed by atoms with Gasteiger partial charge in [0, 0.05) is 4.47 Å². The molecule has 0 unspecified atom stereocenters. The molecule has 1 heterocycles. The second kappa shape index (κ2) is 8.15. The summed E-state index contributed by atoms with van der Waals surface area (Å²) in [6.07, 6.45) is 0. The van der Waals surface area contributed by atoms with Crippen molar-refractivity contribution in [2.45, 2.75) is 12.7 Å². The third kappa shape index (κ3) is 4.98. The largest absolute Gasteiger partial charge is 0.323 e. The van der Waals surface area contributed by atoms with Gasteiger partial charge in [0.15, 0.2) is 15.7 Å². The van der Waals surface area contributed by atoms with Crippen LogP contribution in [0, 0.1) is 12.7 Å². The molecule has 3 rings (SSSR count). The quantitative estimate of drug-likeness (QED) is 0.596. The summed E-state index contributed by atoms with van der Waals surface area (Å²) in [6, 6.07) is 10.7. The van der Waals surface area contributed by atoms with E-state index in [0.29, 0.717) is 17.1 Å². The van der Waals surface area contributed by atoms with E-state index in [1.165, 1.54) is 16.8 Å². The average Bonchev–Trinajstić information content (AvgIpc) is 3.02. The zero-order valence-corrected chi connectivity index (χ0v) is 17.0. The molecule has 0 saturated carbocycles. The van der Waals surface area contributed by atoms with Crippen molar-refractivity contribution in [3.8, 4) is 5.69 Å². The van der Waals surface area contributed by atoms with E-state index in [4.69, 9.17) is 0 Å². The Balaban J connectivity index is 1.73. The molecule has 0 atom stereocenters. The lowest BCUT2D eigenvalue weighted by molar-refractivity contribution is -0.113. The maximum Gasteiger partial charge on any atom is 0.239 e. The van der Waals surface area contributed by atoms with Crippen LogP contribution in [0.1, 0.15) is 11.4 Å². The number of aromatic nitrogens is 4. The van der Waals surface area contributed by atoms with Crippen molar-refractivity contribution in [2.75, 3.05) is 11.1 Å². The summed E-state index contributed by atoms with van der Waals surface area (Å²) in [7, 11) is -3.74. The van der Waals surface area contributed by atoms with Gasteiger partial charge in [-0.1, -0.05) is 28.1 Å². The number of anilines is 1. The molecule has 0 aliphatic heterocycles. The molecule has 1 N–H and O–H groups in total. The van der Waals surface area contributed by atoms with Gasteiger partial charge in [-0.25, -0.2) is 12.8 Å². The molecule has 28 heavy (non-hydrogen) atoms. The van der Waals surface area contributed by atoms with Crippen LogP contribution in [0.25, 0.3) is 5.69 Å². The van der Waals surface area contributed by atoms with Crippen LogP contribution >= 0.6 is 15.9 Å². The Kier molecular flexibility index (Phi) is 5.84. The van der Waals surface area contributed by atoms with Crippen LogP contribution < -0.4 is 5.32 Å². The summed E-state index contributed by atoms with van der Waals surface area (Å²) in [4.78, 5) is 12.2. The van der Waals surface area contributed by atoms with Crippen LogP contribution in [-0.4, -0.2) is 40.3 Å². The summed E-state index contributed by atoms with van der Waals surface area (Å²) < 4.78 is 40.8. The Labute approximate surface area is 168 Å². The van der Waals surface area contributed by atoms with Crippen LogP contribution in [0.5, 0.6) is 0 Å². The smallest absolute Gasteiger partial charge is 0.239 e. The van der Waals surface area contributed by atoms with Crippen molar-refractivity contribution < 1.29 is 17.6 Å². The van der Waals surface area contributed by atoms with E-state index >= 15 is 0 Å². The number of amides is 1. The van der Waals surface area contributed by atoms with Crippen molar-refractivity contribution in [1.29, 1.82) is 0 Å². The van der Waals surface area contributed by atoms with E-state index in [1.807, 2.05) is 0 Å². The van der Waals surface area contributed by atoms with Crippen LogP contribution in [0.15, 0.2) is 46.9 Å². The fourth-order valence-corrected chi connectivity index (χ4v) is 4.24. The van der Waals surface area contributed by atoms with E-state index in [0.717, 1.165) is 10.5 Å². The van der Waals surface area contributed by atoms with Crippen LogP contribution in [-0.2, 0) is 20.4 Å². The standard InChI is InChI=1S/C17H15BrFN5O3S/c1-11-21-22-23-24(11)14-5-6-15(19)16(8-14)20-17(25)10-28(26,27)9-12-3-2-4-13(18)7-12/h2-8H,9-10H2,1H3,(H,20,25). The first-order valence-corrected chi connectivity index (χ1v) is 10.6. The molecule has 1 aromatic heterocycles. The molecular weight excluding hydrogens is 453 g/mol. The maximum absolute atomic E-state index is 14.1. The minimum absolute atomic E-state index is 0.157. The fourth-order valence-electron chi connectivity index (χ4n) is 2.53. The predicted octanol–water partition coefficient (Wildman–Crippen LogP) is 2.43. The molecule has 8 nitrogen and oxygen atoms in total. The van der Waals surface area contributed by atoms with E-state index in [2.05, 4.69) is 36.8 Å². The highest BCUT2D eigenvalue weighted by atomic mass is 79.9. The van der Waals surface area contributed by atoms with Gasteiger partial charge in [0.25, 0.3) is 0 Å². The van der Waals surface area contributed by atoms with Gasteiger partial charge in [-0.3, -0.25) is 4.79 Å². The van der Waals surface area contributed by atoms with Crippen molar-refractivity contribution in [3.05, 3.63) is 64.1 Å². The van der Waals surface area contributed by atoms with Crippen molar-refractivity contribution >= 4 is 37.4 Å². The second-order valence-electron chi connectivity index (χ2n) is 6.01. The summed E-state index contributed by atoms with van der Waals surface area (Å²) in [5.74, 6) is -2.13. The topological polar surface area (TPSA) is 107 Å². The number of nitrogens with one attached hydrogen (secondary N) is 1. The first-order chi connectivity index (χ1) is 13.2. The van der Waals surface area contributed by atoms with Crippen LogP contribution in [0.2, 0.25) is 0 Å². The Morgan fingerprint density at radius 3 is 2.71 bits per heavy atom. The number of benzene rings is 2. The summed E-state index contributed by atoms with van der Waals surface area (Å²) in [5, 5.41) is 13.3. The zero-order chi connectivity index (χ0) is 20.3. The summed E-state index contributed by atoms with van der Waals surface area (Å²) in [6.45, 7) is 1.66. The first-order valence-electron chi connectivity index (χ1n) is 8.03. The van der Waals surface area contributed by atoms with Gasteiger partial charge in [0.05, 0.1) is 17.1 Å². The molecule has 2 aromatic carbocycles. The molecule has 0 saturated heterocycles. The van der Waals surface area contributed by atoms with Gasteiger partial charge >= 0.3 is 0 Å². The van der Waals surface area contributed by atoms with Crippen molar-refractivity contribution in [1.82, 2.24) is 20.2 Å². The zero-order valence-electron chi connectivity index (χ0n) is 14.6. The molecule has 1 amide bonds. The van der Waals surface area contributed by atoms with Gasteiger partial charge in [-0.05, 0) is 53.2 Å². The van der Waals surface area contributed by atoms with E-state index < -0.39 is 27.3 Å². The Morgan fingerprint density at radius 1 is 1.25 bits per heavy atom. The lowest BCUT2D eigenvalue weighted by Crippen LogP contribution is -2.24. The minimum atomic E-state index is -3.74. The molecular formula is C17H15BrFN5O3S. The number of nitrogens with zero attached hydrogens (tertiary/aromatic N) is 4. The molecule has 146 valence electrons. The van der Waals surface area contributed by atoms with Gasteiger partial charge in [-0.15, -0.1) is 5.10 Å². The average molecular weight is 468 g/mol. The van der Waals surface area contributed by atoms with Gasteiger partial charge in [0.1, 0.15) is 11.6 Å². The Hall–Kier alpha value is -2.66. The number of rotatable bonds is 6. The highest BCUT2D eigenvalue weighted by Gasteiger charge is 2.19.